The summed E-state index contributed by atoms with van der Waals surface area (Å²) in [7, 11) is -1.52. The molecule has 1 fully saturated rings. The third kappa shape index (κ3) is 0.706. The molecule has 1 heterocycles. The summed E-state index contributed by atoms with van der Waals surface area (Å²) in [5.41, 5.74) is 0. The van der Waals surface area contributed by atoms with E-state index in [9.17, 15) is 4.21 Å². The van der Waals surface area contributed by atoms with Gasteiger partial charge < -0.3 is 0 Å². The summed E-state index contributed by atoms with van der Waals surface area (Å²) >= 11 is 21.1. The van der Waals surface area contributed by atoms with E-state index in [-0.39, 0.29) is 0 Å². The van der Waals surface area contributed by atoms with E-state index in [0.29, 0.717) is 0 Å². The van der Waals surface area contributed by atoms with Crippen molar-refractivity contribution in [3.05, 3.63) is 0 Å². The second-order valence-corrected chi connectivity index (χ2v) is 6.62. The zero-order valence-corrected chi connectivity index (χ0v) is 7.17. The van der Waals surface area contributed by atoms with Gasteiger partial charge in [0, 0.05) is 0 Å². The van der Waals surface area contributed by atoms with E-state index >= 15 is 0 Å². The number of hydrogen-bond donors (Lipinski definition) is 0. The Morgan fingerprint density at radius 3 is 1.12 bits per heavy atom. The van der Waals surface area contributed by atoms with E-state index in [4.69, 9.17) is 46.4 Å². The van der Waals surface area contributed by atoms with Crippen molar-refractivity contribution in [1.82, 2.24) is 0 Å². The molecule has 0 aliphatic carbocycles. The number of hydrogen-bond acceptors (Lipinski definition) is 1. The van der Waals surface area contributed by atoms with E-state index in [0.717, 1.165) is 0 Å². The van der Waals surface area contributed by atoms with Gasteiger partial charge in [0.25, 0.3) is 0 Å². The monoisotopic (exact) mass is 212 g/mol. The molecule has 0 atom stereocenters. The average molecular weight is 214 g/mol. The Balaban J connectivity index is 2.88. The summed E-state index contributed by atoms with van der Waals surface area (Å²) in [6.07, 6.45) is 0. The van der Waals surface area contributed by atoms with Crippen LogP contribution in [0, 0.1) is 0 Å². The molecule has 1 aliphatic heterocycles. The highest BCUT2D eigenvalue weighted by molar-refractivity contribution is 8.03. The minimum Gasteiger partial charge on any atom is -0.253 e. The largest absolute Gasteiger partial charge is 0.253 e. The van der Waals surface area contributed by atoms with Crippen molar-refractivity contribution in [1.29, 1.82) is 0 Å². The van der Waals surface area contributed by atoms with Crippen LogP contribution in [0.3, 0.4) is 0 Å². The topological polar surface area (TPSA) is 17.1 Å². The van der Waals surface area contributed by atoms with Gasteiger partial charge in [0.2, 0.25) is 7.33 Å². The summed E-state index contributed by atoms with van der Waals surface area (Å²) in [5.74, 6) is 0. The predicted molar refractivity (Wildman–Crippen MR) is 37.0 cm³/mol. The second-order valence-electron chi connectivity index (χ2n) is 1.30. The molecule has 6 heteroatoms. The Bertz CT molecular complexity index is 136. The molecule has 1 saturated heterocycles. The maximum absolute atomic E-state index is 10.4. The summed E-state index contributed by atoms with van der Waals surface area (Å²) in [6, 6.07) is 0. The second kappa shape index (κ2) is 1.67. The Labute approximate surface area is 68.7 Å². The van der Waals surface area contributed by atoms with Gasteiger partial charge in [-0.15, -0.1) is 0 Å². The molecule has 0 saturated carbocycles. The lowest BCUT2D eigenvalue weighted by Gasteiger charge is -1.87. The minimum absolute atomic E-state index is 1.45. The molecule has 0 radical (unpaired) electrons. The van der Waals surface area contributed by atoms with Gasteiger partial charge in [-0.3, -0.25) is 4.21 Å². The third-order valence-corrected chi connectivity index (χ3v) is 5.75. The quantitative estimate of drug-likeness (QED) is 0.445. The van der Waals surface area contributed by atoms with E-state index in [2.05, 4.69) is 0 Å². The molecule has 0 bridgehead atoms. The van der Waals surface area contributed by atoms with Crippen molar-refractivity contribution in [2.45, 2.75) is 7.33 Å². The van der Waals surface area contributed by atoms with Gasteiger partial charge in [-0.05, 0) is 0 Å². The van der Waals surface area contributed by atoms with Gasteiger partial charge >= 0.3 is 0 Å². The molecule has 1 rings (SSSR count). The first-order chi connectivity index (χ1) is 3.40. The van der Waals surface area contributed by atoms with Crippen LogP contribution in [0.2, 0.25) is 0 Å². The zero-order chi connectivity index (χ0) is 6.58. The van der Waals surface area contributed by atoms with Crippen molar-refractivity contribution in [3.63, 3.8) is 0 Å². The Hall–Kier alpha value is 1.31. The highest BCUT2D eigenvalue weighted by atomic mass is 35.5. The zero-order valence-electron chi connectivity index (χ0n) is 3.33. The fraction of sp³-hybridized carbons (Fsp3) is 1.00. The maximum Gasteiger partial charge on any atom is 0.239 e. The molecule has 0 unspecified atom stereocenters. The summed E-state index contributed by atoms with van der Waals surface area (Å²) in [4.78, 5) is 0. The molecule has 48 valence electrons. The first-order valence-corrected chi connectivity index (χ1v) is 4.24. The van der Waals surface area contributed by atoms with Crippen LogP contribution in [0.25, 0.3) is 0 Å². The van der Waals surface area contributed by atoms with E-state index in [1.165, 1.54) is 0 Å². The fourth-order valence-corrected chi connectivity index (χ4v) is 2.99. The van der Waals surface area contributed by atoms with Crippen molar-refractivity contribution < 1.29 is 4.21 Å². The Morgan fingerprint density at radius 2 is 1.12 bits per heavy atom. The van der Waals surface area contributed by atoms with Gasteiger partial charge in [0.1, 0.15) is 10.8 Å². The molecular weight excluding hydrogens is 214 g/mol. The summed E-state index contributed by atoms with van der Waals surface area (Å²) < 4.78 is 7.55. The highest BCUT2D eigenvalue weighted by Gasteiger charge is 2.75. The van der Waals surface area contributed by atoms with E-state index in [1.807, 2.05) is 0 Å². The Morgan fingerprint density at radius 1 is 1.00 bits per heavy atom. The molecule has 0 aromatic rings. The van der Waals surface area contributed by atoms with Crippen LogP contribution in [0.15, 0.2) is 0 Å². The maximum atomic E-state index is 10.4. The lowest BCUT2D eigenvalue weighted by atomic mass is 10.9. The molecular formula is C2Cl4OS. The first-order valence-electron chi connectivity index (χ1n) is 1.58. The molecule has 0 spiro atoms. The average Bonchev–Trinajstić information content (AvgIpc) is 1.88. The van der Waals surface area contributed by atoms with Crippen molar-refractivity contribution in [3.8, 4) is 0 Å². The standard InChI is InChI=1S/C2Cl4OS/c3-1(4)2(5,6)8(1)7. The first kappa shape index (κ1) is 7.42. The molecule has 0 amide bonds. The minimum atomic E-state index is -1.52. The third-order valence-electron chi connectivity index (χ3n) is 0.763. The molecule has 8 heavy (non-hydrogen) atoms. The van der Waals surface area contributed by atoms with Crippen LogP contribution in [0.4, 0.5) is 0 Å². The van der Waals surface area contributed by atoms with Crippen molar-refractivity contribution in [2.24, 2.45) is 0 Å². The number of rotatable bonds is 0. The van der Waals surface area contributed by atoms with Crippen molar-refractivity contribution in [2.75, 3.05) is 0 Å². The van der Waals surface area contributed by atoms with Gasteiger partial charge in [-0.1, -0.05) is 46.4 Å². The van der Waals surface area contributed by atoms with E-state index in [1.54, 1.807) is 0 Å². The molecule has 0 aromatic heterocycles. The van der Waals surface area contributed by atoms with Gasteiger partial charge in [-0.25, -0.2) is 0 Å². The smallest absolute Gasteiger partial charge is 0.239 e. The highest BCUT2D eigenvalue weighted by Crippen LogP contribution is 2.64. The van der Waals surface area contributed by atoms with Crippen LogP contribution in [0.1, 0.15) is 0 Å². The van der Waals surface area contributed by atoms with Gasteiger partial charge in [0.15, 0.2) is 0 Å². The predicted octanol–water partition coefficient (Wildman–Crippen LogP) is 2.01. The summed E-state index contributed by atoms with van der Waals surface area (Å²) in [6.45, 7) is 0. The lowest BCUT2D eigenvalue weighted by Crippen LogP contribution is -1.96. The number of alkyl halides is 4. The Kier molecular flexibility index (Phi) is 1.55. The van der Waals surface area contributed by atoms with Crippen LogP contribution in [-0.4, -0.2) is 11.5 Å². The molecule has 1 aliphatic rings. The van der Waals surface area contributed by atoms with Crippen LogP contribution in [0.5, 0.6) is 0 Å². The number of halogens is 4. The van der Waals surface area contributed by atoms with Crippen molar-refractivity contribution >= 4 is 57.2 Å². The fourth-order valence-electron chi connectivity index (χ4n) is 0.215. The van der Waals surface area contributed by atoms with Crippen LogP contribution < -0.4 is 0 Å². The molecule has 0 aromatic carbocycles. The van der Waals surface area contributed by atoms with Gasteiger partial charge in [0.05, 0.1) is 0 Å². The SMILES string of the molecule is O=S1C(Cl)(Cl)C1(Cl)Cl. The normalized spacial score (nSPS) is 32.5. The van der Waals surface area contributed by atoms with E-state index < -0.39 is 18.1 Å². The van der Waals surface area contributed by atoms with Crippen LogP contribution in [-0.2, 0) is 10.8 Å². The lowest BCUT2D eigenvalue weighted by molar-refractivity contribution is 0.693. The summed E-state index contributed by atoms with van der Waals surface area (Å²) in [5, 5.41) is 0. The molecule has 1 nitrogen and oxygen atoms in total. The molecule has 0 N–H and O–H groups in total. The van der Waals surface area contributed by atoms with Crippen LogP contribution >= 0.6 is 46.4 Å². The van der Waals surface area contributed by atoms with Gasteiger partial charge in [-0.2, -0.15) is 0 Å².